The zero-order chi connectivity index (χ0) is 15.1. The van der Waals surface area contributed by atoms with Crippen LogP contribution in [0.5, 0.6) is 0 Å². The maximum Gasteiger partial charge on any atom is 0.0311 e. The topological polar surface area (TPSA) is 12.0 Å². The predicted octanol–water partition coefficient (Wildman–Crippen LogP) is 5.07. The molecule has 1 atom stereocenters. The van der Waals surface area contributed by atoms with Gasteiger partial charge < -0.3 is 5.32 Å². The summed E-state index contributed by atoms with van der Waals surface area (Å²) in [5, 5.41) is 3.60. The van der Waals surface area contributed by atoms with Crippen molar-refractivity contribution < 1.29 is 0 Å². The largest absolute Gasteiger partial charge is 0.313 e. The standard InChI is InChI=1S/C18H22BrNS/c1-3-20-16(12-15-10-8-14(2)9-11-15)13-21-18-7-5-4-6-17(18)19/h4-11,16,20H,3,12-13H2,1-2H3. The van der Waals surface area contributed by atoms with Crippen LogP contribution in [0.1, 0.15) is 18.1 Å². The molecule has 0 aliphatic rings. The van der Waals surface area contributed by atoms with E-state index < -0.39 is 0 Å². The number of nitrogens with one attached hydrogen (secondary N) is 1. The van der Waals surface area contributed by atoms with Gasteiger partial charge in [-0.2, -0.15) is 0 Å². The molecule has 0 fully saturated rings. The Bertz CT molecular complexity index is 553. The first-order valence-electron chi connectivity index (χ1n) is 7.35. The highest BCUT2D eigenvalue weighted by atomic mass is 79.9. The molecule has 0 saturated heterocycles. The molecule has 21 heavy (non-hydrogen) atoms. The van der Waals surface area contributed by atoms with Gasteiger partial charge in [-0.25, -0.2) is 0 Å². The molecular formula is C18H22BrNS. The van der Waals surface area contributed by atoms with E-state index in [0.717, 1.165) is 18.7 Å². The monoisotopic (exact) mass is 363 g/mol. The molecule has 2 aromatic rings. The second-order valence-electron chi connectivity index (χ2n) is 5.19. The van der Waals surface area contributed by atoms with Crippen LogP contribution in [0, 0.1) is 6.92 Å². The minimum absolute atomic E-state index is 0.495. The van der Waals surface area contributed by atoms with Crippen LogP contribution in [-0.4, -0.2) is 18.3 Å². The summed E-state index contributed by atoms with van der Waals surface area (Å²) < 4.78 is 1.18. The van der Waals surface area contributed by atoms with E-state index in [9.17, 15) is 0 Å². The summed E-state index contributed by atoms with van der Waals surface area (Å²) in [4.78, 5) is 1.31. The molecule has 112 valence electrons. The van der Waals surface area contributed by atoms with E-state index in [0.29, 0.717) is 6.04 Å². The summed E-state index contributed by atoms with van der Waals surface area (Å²) in [6.45, 7) is 5.31. The fourth-order valence-corrected chi connectivity index (χ4v) is 3.86. The van der Waals surface area contributed by atoms with E-state index >= 15 is 0 Å². The van der Waals surface area contributed by atoms with Crippen molar-refractivity contribution in [3.05, 3.63) is 64.1 Å². The van der Waals surface area contributed by atoms with Crippen molar-refractivity contribution in [3.8, 4) is 0 Å². The number of thioether (sulfide) groups is 1. The van der Waals surface area contributed by atoms with Gasteiger partial charge in [-0.05, 0) is 53.5 Å². The highest BCUT2D eigenvalue weighted by Crippen LogP contribution is 2.27. The highest BCUT2D eigenvalue weighted by molar-refractivity contribution is 9.10. The Hall–Kier alpha value is -0.770. The Labute approximate surface area is 140 Å². The summed E-state index contributed by atoms with van der Waals surface area (Å²) in [6, 6.07) is 17.8. The summed E-state index contributed by atoms with van der Waals surface area (Å²) in [7, 11) is 0. The molecule has 3 heteroatoms. The van der Waals surface area contributed by atoms with E-state index in [-0.39, 0.29) is 0 Å². The molecule has 2 rings (SSSR count). The molecule has 0 radical (unpaired) electrons. The quantitative estimate of drug-likeness (QED) is 0.689. The molecule has 0 heterocycles. The van der Waals surface area contributed by atoms with Gasteiger partial charge in [0.2, 0.25) is 0 Å². The number of rotatable bonds is 7. The first-order valence-corrected chi connectivity index (χ1v) is 9.13. The van der Waals surface area contributed by atoms with Gasteiger partial charge in [-0.15, -0.1) is 11.8 Å². The lowest BCUT2D eigenvalue weighted by atomic mass is 10.1. The third-order valence-corrected chi connectivity index (χ3v) is 5.56. The van der Waals surface area contributed by atoms with Crippen molar-refractivity contribution in [3.63, 3.8) is 0 Å². The molecule has 0 spiro atoms. The van der Waals surface area contributed by atoms with Crippen LogP contribution >= 0.6 is 27.7 Å². The maximum atomic E-state index is 3.62. The second-order valence-corrected chi connectivity index (χ2v) is 7.10. The van der Waals surface area contributed by atoms with Crippen molar-refractivity contribution in [2.45, 2.75) is 31.2 Å². The first kappa shape index (κ1) is 16.6. The van der Waals surface area contributed by atoms with Crippen LogP contribution in [0.2, 0.25) is 0 Å². The van der Waals surface area contributed by atoms with E-state index in [1.807, 2.05) is 11.8 Å². The third kappa shape index (κ3) is 5.50. The molecule has 0 aromatic heterocycles. The SMILES string of the molecule is CCNC(CSc1ccccc1Br)Cc1ccc(C)cc1. The van der Waals surface area contributed by atoms with Gasteiger partial charge in [0.15, 0.2) is 0 Å². The van der Waals surface area contributed by atoms with Crippen LogP contribution in [0.4, 0.5) is 0 Å². The minimum Gasteiger partial charge on any atom is -0.313 e. The lowest BCUT2D eigenvalue weighted by Crippen LogP contribution is -2.33. The van der Waals surface area contributed by atoms with Crippen LogP contribution in [-0.2, 0) is 6.42 Å². The molecule has 1 unspecified atom stereocenters. The number of hydrogen-bond donors (Lipinski definition) is 1. The smallest absolute Gasteiger partial charge is 0.0311 e. The summed E-state index contributed by atoms with van der Waals surface area (Å²) in [6.07, 6.45) is 1.07. The number of likely N-dealkylation sites (N-methyl/N-ethyl adjacent to an activating group) is 1. The highest BCUT2D eigenvalue weighted by Gasteiger charge is 2.10. The van der Waals surface area contributed by atoms with E-state index in [4.69, 9.17) is 0 Å². The summed E-state index contributed by atoms with van der Waals surface area (Å²) in [5.41, 5.74) is 2.72. The van der Waals surface area contributed by atoms with E-state index in [1.165, 1.54) is 20.5 Å². The molecule has 0 aliphatic carbocycles. The normalized spacial score (nSPS) is 12.3. The van der Waals surface area contributed by atoms with Gasteiger partial charge >= 0.3 is 0 Å². The average Bonchev–Trinajstić information content (AvgIpc) is 2.49. The molecule has 0 aliphatic heterocycles. The molecule has 1 nitrogen and oxygen atoms in total. The van der Waals surface area contributed by atoms with E-state index in [1.54, 1.807) is 0 Å². The van der Waals surface area contributed by atoms with Gasteiger partial charge in [-0.3, -0.25) is 0 Å². The lowest BCUT2D eigenvalue weighted by Gasteiger charge is -2.18. The van der Waals surface area contributed by atoms with Gasteiger partial charge in [0.25, 0.3) is 0 Å². The first-order chi connectivity index (χ1) is 10.2. The average molecular weight is 364 g/mol. The van der Waals surface area contributed by atoms with Crippen LogP contribution in [0.3, 0.4) is 0 Å². The second kappa shape index (κ2) is 8.62. The van der Waals surface area contributed by atoms with Crippen molar-refractivity contribution in [2.24, 2.45) is 0 Å². The van der Waals surface area contributed by atoms with E-state index in [2.05, 4.69) is 83.6 Å². The number of aryl methyl sites for hydroxylation is 1. The van der Waals surface area contributed by atoms with Crippen LogP contribution < -0.4 is 5.32 Å². The van der Waals surface area contributed by atoms with Crippen LogP contribution in [0.25, 0.3) is 0 Å². The van der Waals surface area contributed by atoms with Crippen molar-refractivity contribution in [1.82, 2.24) is 5.32 Å². The maximum absolute atomic E-state index is 3.62. The van der Waals surface area contributed by atoms with Crippen molar-refractivity contribution in [2.75, 3.05) is 12.3 Å². The molecular weight excluding hydrogens is 342 g/mol. The molecule has 0 saturated carbocycles. The zero-order valence-corrected chi connectivity index (χ0v) is 15.0. The Morgan fingerprint density at radius 3 is 2.48 bits per heavy atom. The van der Waals surface area contributed by atoms with Gasteiger partial charge in [0, 0.05) is 21.2 Å². The number of benzene rings is 2. The molecule has 0 amide bonds. The minimum atomic E-state index is 0.495. The summed E-state index contributed by atoms with van der Waals surface area (Å²) in [5.74, 6) is 1.07. The fourth-order valence-electron chi connectivity index (χ4n) is 2.24. The Balaban J connectivity index is 1.95. The Morgan fingerprint density at radius 1 is 1.10 bits per heavy atom. The third-order valence-electron chi connectivity index (χ3n) is 3.37. The number of halogens is 1. The Kier molecular flexibility index (Phi) is 6.81. The van der Waals surface area contributed by atoms with Crippen molar-refractivity contribution in [1.29, 1.82) is 0 Å². The van der Waals surface area contributed by atoms with Crippen molar-refractivity contribution >= 4 is 27.7 Å². The summed E-state index contributed by atoms with van der Waals surface area (Å²) >= 11 is 5.53. The number of hydrogen-bond acceptors (Lipinski definition) is 2. The lowest BCUT2D eigenvalue weighted by molar-refractivity contribution is 0.572. The molecule has 0 bridgehead atoms. The Morgan fingerprint density at radius 2 is 1.81 bits per heavy atom. The van der Waals surface area contributed by atoms with Gasteiger partial charge in [-0.1, -0.05) is 48.9 Å². The zero-order valence-electron chi connectivity index (χ0n) is 12.6. The molecule has 2 aromatic carbocycles. The van der Waals surface area contributed by atoms with Gasteiger partial charge in [0.1, 0.15) is 0 Å². The fraction of sp³-hybridized carbons (Fsp3) is 0.333. The van der Waals surface area contributed by atoms with Gasteiger partial charge in [0.05, 0.1) is 0 Å². The molecule has 1 N–H and O–H groups in total. The van der Waals surface area contributed by atoms with Crippen LogP contribution in [0.15, 0.2) is 57.9 Å². The predicted molar refractivity (Wildman–Crippen MR) is 97.2 cm³/mol.